The average molecular weight is 353 g/mol. The average Bonchev–Trinajstić information content (AvgIpc) is 2.83. The molecule has 2 aromatic rings. The van der Waals surface area contributed by atoms with Crippen molar-refractivity contribution in [3.05, 3.63) is 68.8 Å². The highest BCUT2D eigenvalue weighted by Gasteiger charge is 2.36. The van der Waals surface area contributed by atoms with Crippen molar-refractivity contribution in [2.24, 2.45) is 0 Å². The fraction of sp³-hybridized carbons (Fsp3) is 0.167. The molecule has 1 aliphatic heterocycles. The Balaban J connectivity index is 1.81. The number of carbonyl (C=O) groups is 3. The summed E-state index contributed by atoms with van der Waals surface area (Å²) in [7, 11) is 0. The first-order chi connectivity index (χ1) is 12.3. The Morgan fingerprint density at radius 1 is 1.08 bits per heavy atom. The largest absolute Gasteiger partial charge is 0.319 e. The van der Waals surface area contributed by atoms with Crippen LogP contribution in [0.5, 0.6) is 0 Å². The summed E-state index contributed by atoms with van der Waals surface area (Å²) in [6.45, 7) is 2.97. The summed E-state index contributed by atoms with van der Waals surface area (Å²) in [4.78, 5) is 48.3. The molecule has 0 fully saturated rings. The number of benzene rings is 2. The summed E-state index contributed by atoms with van der Waals surface area (Å²) < 4.78 is 0. The van der Waals surface area contributed by atoms with Gasteiger partial charge in [-0.1, -0.05) is 12.1 Å². The van der Waals surface area contributed by atoms with Gasteiger partial charge in [-0.05, 0) is 43.2 Å². The minimum absolute atomic E-state index is 0.0275. The first-order valence-corrected chi connectivity index (χ1v) is 7.80. The van der Waals surface area contributed by atoms with Gasteiger partial charge in [-0.3, -0.25) is 29.4 Å². The third-order valence-electron chi connectivity index (χ3n) is 4.26. The van der Waals surface area contributed by atoms with Crippen molar-refractivity contribution >= 4 is 29.1 Å². The quantitative estimate of drug-likeness (QED) is 0.516. The van der Waals surface area contributed by atoms with Crippen LogP contribution in [-0.2, 0) is 4.79 Å². The van der Waals surface area contributed by atoms with Crippen LogP contribution in [0, 0.1) is 24.0 Å². The molecule has 0 saturated heterocycles. The molecule has 1 aliphatic rings. The van der Waals surface area contributed by atoms with Gasteiger partial charge < -0.3 is 5.32 Å². The number of anilines is 1. The molecular formula is C18H15N3O5. The first-order valence-electron chi connectivity index (χ1n) is 7.80. The Bertz CT molecular complexity index is 932. The molecule has 0 spiro atoms. The van der Waals surface area contributed by atoms with E-state index in [0.717, 1.165) is 16.0 Å². The van der Waals surface area contributed by atoms with Crippen molar-refractivity contribution in [2.75, 3.05) is 11.9 Å². The number of rotatable bonds is 4. The SMILES string of the molecule is Cc1cc(NC(=O)CN2C(=O)c3ccccc3C2=O)c([N+](=O)[O-])cc1C. The molecule has 0 bridgehead atoms. The molecule has 0 radical (unpaired) electrons. The number of aryl methyl sites for hydroxylation is 2. The van der Waals surface area contributed by atoms with Crippen LogP contribution in [-0.4, -0.2) is 34.1 Å². The fourth-order valence-corrected chi connectivity index (χ4v) is 2.77. The summed E-state index contributed by atoms with van der Waals surface area (Å²) in [5, 5.41) is 13.6. The smallest absolute Gasteiger partial charge is 0.293 e. The molecule has 2 aromatic carbocycles. The van der Waals surface area contributed by atoms with Crippen LogP contribution in [0.1, 0.15) is 31.8 Å². The van der Waals surface area contributed by atoms with E-state index < -0.39 is 29.2 Å². The van der Waals surface area contributed by atoms with E-state index in [4.69, 9.17) is 0 Å². The maximum atomic E-state index is 12.3. The van der Waals surface area contributed by atoms with Gasteiger partial charge in [0.25, 0.3) is 17.5 Å². The Hall–Kier alpha value is -3.55. The Morgan fingerprint density at radius 2 is 1.62 bits per heavy atom. The summed E-state index contributed by atoms with van der Waals surface area (Å²) in [5.41, 5.74) is 1.75. The lowest BCUT2D eigenvalue weighted by Crippen LogP contribution is -2.37. The summed E-state index contributed by atoms with van der Waals surface area (Å²) in [6.07, 6.45) is 0. The molecular weight excluding hydrogens is 338 g/mol. The highest BCUT2D eigenvalue weighted by Crippen LogP contribution is 2.28. The van der Waals surface area contributed by atoms with Gasteiger partial charge in [0, 0.05) is 6.07 Å². The van der Waals surface area contributed by atoms with Gasteiger partial charge in [0.1, 0.15) is 12.2 Å². The second-order valence-corrected chi connectivity index (χ2v) is 6.00. The van der Waals surface area contributed by atoms with Crippen molar-refractivity contribution in [1.82, 2.24) is 4.90 Å². The highest BCUT2D eigenvalue weighted by atomic mass is 16.6. The molecule has 132 valence electrons. The molecule has 0 unspecified atom stereocenters. The first kappa shape index (κ1) is 17.3. The summed E-state index contributed by atoms with van der Waals surface area (Å²) in [5.74, 6) is -1.81. The van der Waals surface area contributed by atoms with Gasteiger partial charge in [0.15, 0.2) is 0 Å². The van der Waals surface area contributed by atoms with Crippen molar-refractivity contribution in [3.8, 4) is 0 Å². The van der Waals surface area contributed by atoms with Crippen molar-refractivity contribution in [2.45, 2.75) is 13.8 Å². The number of hydrogen-bond acceptors (Lipinski definition) is 5. The highest BCUT2D eigenvalue weighted by molar-refractivity contribution is 6.22. The van der Waals surface area contributed by atoms with E-state index in [9.17, 15) is 24.5 Å². The second kappa shape index (κ2) is 6.40. The van der Waals surface area contributed by atoms with Crippen LogP contribution >= 0.6 is 0 Å². The Morgan fingerprint density at radius 3 is 2.15 bits per heavy atom. The van der Waals surface area contributed by atoms with E-state index in [1.165, 1.54) is 24.3 Å². The number of nitro benzene ring substituents is 1. The van der Waals surface area contributed by atoms with Crippen LogP contribution < -0.4 is 5.32 Å². The summed E-state index contributed by atoms with van der Waals surface area (Å²) in [6, 6.07) is 9.15. The molecule has 8 nitrogen and oxygen atoms in total. The number of nitro groups is 1. The maximum Gasteiger partial charge on any atom is 0.293 e. The molecule has 3 rings (SSSR count). The van der Waals surface area contributed by atoms with Crippen LogP contribution in [0.4, 0.5) is 11.4 Å². The fourth-order valence-electron chi connectivity index (χ4n) is 2.77. The second-order valence-electron chi connectivity index (χ2n) is 6.00. The topological polar surface area (TPSA) is 110 Å². The lowest BCUT2D eigenvalue weighted by atomic mass is 10.1. The van der Waals surface area contributed by atoms with Crippen LogP contribution in [0.25, 0.3) is 0 Å². The van der Waals surface area contributed by atoms with E-state index in [0.29, 0.717) is 0 Å². The van der Waals surface area contributed by atoms with Crippen LogP contribution in [0.3, 0.4) is 0 Å². The van der Waals surface area contributed by atoms with Crippen molar-refractivity contribution in [3.63, 3.8) is 0 Å². The molecule has 8 heteroatoms. The van der Waals surface area contributed by atoms with E-state index in [1.807, 2.05) is 0 Å². The normalized spacial score (nSPS) is 12.9. The molecule has 0 saturated carbocycles. The molecule has 26 heavy (non-hydrogen) atoms. The molecule has 0 aliphatic carbocycles. The van der Waals surface area contributed by atoms with Crippen LogP contribution in [0.15, 0.2) is 36.4 Å². The van der Waals surface area contributed by atoms with E-state index in [1.54, 1.807) is 26.0 Å². The predicted molar refractivity (Wildman–Crippen MR) is 93.0 cm³/mol. The van der Waals surface area contributed by atoms with Crippen molar-refractivity contribution < 1.29 is 19.3 Å². The lowest BCUT2D eigenvalue weighted by Gasteiger charge is -2.14. The number of nitrogens with zero attached hydrogens (tertiary/aromatic N) is 2. The zero-order valence-corrected chi connectivity index (χ0v) is 14.1. The third kappa shape index (κ3) is 2.92. The molecule has 1 N–H and O–H groups in total. The van der Waals surface area contributed by atoms with Crippen LogP contribution in [0.2, 0.25) is 0 Å². The Labute approximate surface area is 148 Å². The van der Waals surface area contributed by atoms with Gasteiger partial charge in [0.2, 0.25) is 5.91 Å². The van der Waals surface area contributed by atoms with Crippen molar-refractivity contribution in [1.29, 1.82) is 0 Å². The van der Waals surface area contributed by atoms with E-state index >= 15 is 0 Å². The van der Waals surface area contributed by atoms with Gasteiger partial charge in [-0.15, -0.1) is 0 Å². The number of imide groups is 1. The number of carbonyl (C=O) groups excluding carboxylic acids is 3. The zero-order valence-electron chi connectivity index (χ0n) is 14.1. The molecule has 3 amide bonds. The minimum atomic E-state index is -0.689. The number of hydrogen-bond donors (Lipinski definition) is 1. The summed E-state index contributed by atoms with van der Waals surface area (Å²) >= 11 is 0. The molecule has 1 heterocycles. The van der Waals surface area contributed by atoms with Gasteiger partial charge >= 0.3 is 0 Å². The van der Waals surface area contributed by atoms with Gasteiger partial charge in [-0.25, -0.2) is 0 Å². The third-order valence-corrected chi connectivity index (χ3v) is 4.26. The maximum absolute atomic E-state index is 12.3. The number of nitrogens with one attached hydrogen (secondary N) is 1. The minimum Gasteiger partial charge on any atom is -0.319 e. The standard InChI is InChI=1S/C18H15N3O5/c1-10-7-14(15(21(25)26)8-11(10)2)19-16(22)9-20-17(23)12-5-3-4-6-13(12)18(20)24/h3-8H,9H2,1-2H3,(H,19,22). The van der Waals surface area contributed by atoms with Gasteiger partial charge in [0.05, 0.1) is 16.1 Å². The number of fused-ring (bicyclic) bond motifs is 1. The molecule has 0 atom stereocenters. The lowest BCUT2D eigenvalue weighted by molar-refractivity contribution is -0.384. The Kier molecular flexibility index (Phi) is 4.25. The number of amides is 3. The molecule has 0 aromatic heterocycles. The monoisotopic (exact) mass is 353 g/mol. The van der Waals surface area contributed by atoms with Gasteiger partial charge in [-0.2, -0.15) is 0 Å². The van der Waals surface area contributed by atoms with E-state index in [2.05, 4.69) is 5.32 Å². The predicted octanol–water partition coefficient (Wildman–Crippen LogP) is 2.45. The zero-order chi connectivity index (χ0) is 19.0. The van der Waals surface area contributed by atoms with E-state index in [-0.39, 0.29) is 22.5 Å².